The van der Waals surface area contributed by atoms with E-state index in [0.717, 1.165) is 10.8 Å². The molecule has 6 nitrogen and oxygen atoms in total. The Balaban J connectivity index is 1.68. The molecule has 0 radical (unpaired) electrons. The lowest BCUT2D eigenvalue weighted by atomic mass is 10.1. The first kappa shape index (κ1) is 18.5. The fraction of sp³-hybridized carbons (Fsp3) is 0.100. The van der Waals surface area contributed by atoms with Crippen molar-refractivity contribution in [2.45, 2.75) is 0 Å². The van der Waals surface area contributed by atoms with Crippen molar-refractivity contribution in [3.05, 3.63) is 65.2 Å². The first-order chi connectivity index (χ1) is 13.0. The van der Waals surface area contributed by atoms with Crippen molar-refractivity contribution < 1.29 is 24.2 Å². The van der Waals surface area contributed by atoms with Gasteiger partial charge in [-0.1, -0.05) is 35.9 Å². The molecule has 3 rings (SSSR count). The molecule has 3 aromatic carbocycles. The number of nitrogens with one attached hydrogen (secondary N) is 1. The summed E-state index contributed by atoms with van der Waals surface area (Å²) in [6.45, 7) is -0.527. The number of phenols is 1. The molecule has 0 spiro atoms. The molecule has 0 unspecified atom stereocenters. The number of ether oxygens (including phenoxy) is 2. The van der Waals surface area contributed by atoms with Crippen LogP contribution in [0, 0.1) is 0 Å². The van der Waals surface area contributed by atoms with Gasteiger partial charge in [-0.2, -0.15) is 0 Å². The summed E-state index contributed by atoms with van der Waals surface area (Å²) in [6, 6.07) is 15.0. The zero-order valence-corrected chi connectivity index (χ0v) is 15.1. The molecule has 0 atom stereocenters. The zero-order valence-electron chi connectivity index (χ0n) is 14.4. The van der Waals surface area contributed by atoms with Crippen LogP contribution in [0.4, 0.5) is 5.69 Å². The Morgan fingerprint density at radius 2 is 1.78 bits per heavy atom. The van der Waals surface area contributed by atoms with Crippen LogP contribution in [0.15, 0.2) is 54.6 Å². The largest absolute Gasteiger partial charge is 0.507 e. The van der Waals surface area contributed by atoms with E-state index in [4.69, 9.17) is 21.1 Å². The summed E-state index contributed by atoms with van der Waals surface area (Å²) in [4.78, 5) is 24.3. The number of aromatic hydroxyl groups is 1. The Hall–Kier alpha value is -3.25. The molecule has 0 aliphatic carbocycles. The quantitative estimate of drug-likeness (QED) is 0.648. The van der Waals surface area contributed by atoms with E-state index in [9.17, 15) is 14.7 Å². The fourth-order valence-corrected chi connectivity index (χ4v) is 2.74. The van der Waals surface area contributed by atoms with Gasteiger partial charge in [0.25, 0.3) is 5.91 Å². The van der Waals surface area contributed by atoms with Crippen molar-refractivity contribution in [2.24, 2.45) is 0 Å². The Bertz CT molecular complexity index is 1020. The van der Waals surface area contributed by atoms with E-state index in [0.29, 0.717) is 16.5 Å². The number of carbonyl (C=O) groups is 2. The molecule has 0 aliphatic rings. The Kier molecular flexibility index (Phi) is 5.47. The van der Waals surface area contributed by atoms with E-state index in [-0.39, 0.29) is 11.3 Å². The van der Waals surface area contributed by atoms with E-state index in [1.807, 2.05) is 24.3 Å². The van der Waals surface area contributed by atoms with E-state index in [1.54, 1.807) is 12.1 Å². The lowest BCUT2D eigenvalue weighted by molar-refractivity contribution is -0.119. The van der Waals surface area contributed by atoms with Gasteiger partial charge in [0.15, 0.2) is 6.61 Å². The van der Waals surface area contributed by atoms with Gasteiger partial charge in [-0.05, 0) is 41.1 Å². The summed E-state index contributed by atoms with van der Waals surface area (Å²) in [7, 11) is 1.46. The average molecular weight is 386 g/mol. The number of hydrogen-bond donors (Lipinski definition) is 2. The molecule has 1 amide bonds. The van der Waals surface area contributed by atoms with Crippen LogP contribution >= 0.6 is 11.6 Å². The molecule has 3 aromatic rings. The van der Waals surface area contributed by atoms with Crippen molar-refractivity contribution in [1.29, 1.82) is 0 Å². The van der Waals surface area contributed by atoms with Crippen molar-refractivity contribution in [3.63, 3.8) is 0 Å². The molecule has 0 fully saturated rings. The molecular weight excluding hydrogens is 370 g/mol. The summed E-state index contributed by atoms with van der Waals surface area (Å²) in [5.41, 5.74) is 0.349. The standard InChI is InChI=1S/C20H16ClNO5/c1-26-18-7-6-14(21)10-16(18)22-19(24)11-27-20(25)15-8-12-4-2-3-5-13(12)9-17(15)23/h2-10,23H,11H2,1H3,(H,22,24). The van der Waals surface area contributed by atoms with Crippen LogP contribution in [0.1, 0.15) is 10.4 Å². The molecule has 0 aromatic heterocycles. The highest BCUT2D eigenvalue weighted by Gasteiger charge is 2.16. The maximum absolute atomic E-state index is 12.2. The maximum Gasteiger partial charge on any atom is 0.342 e. The summed E-state index contributed by atoms with van der Waals surface area (Å²) in [6.07, 6.45) is 0. The van der Waals surface area contributed by atoms with Crippen LogP contribution in [-0.2, 0) is 9.53 Å². The molecular formula is C20H16ClNO5. The van der Waals surface area contributed by atoms with Gasteiger partial charge in [0.2, 0.25) is 0 Å². The highest BCUT2D eigenvalue weighted by molar-refractivity contribution is 6.31. The molecule has 0 bridgehead atoms. The zero-order chi connectivity index (χ0) is 19.4. The van der Waals surface area contributed by atoms with Gasteiger partial charge in [0.1, 0.15) is 17.1 Å². The lowest BCUT2D eigenvalue weighted by Crippen LogP contribution is -2.21. The monoisotopic (exact) mass is 385 g/mol. The number of amides is 1. The minimum atomic E-state index is -0.800. The number of benzene rings is 3. The number of methoxy groups -OCH3 is 1. The molecule has 0 saturated carbocycles. The summed E-state index contributed by atoms with van der Waals surface area (Å²) in [5.74, 6) is -1.16. The number of hydrogen-bond acceptors (Lipinski definition) is 5. The minimum absolute atomic E-state index is 0.0122. The second-order valence-corrected chi connectivity index (χ2v) is 6.12. The maximum atomic E-state index is 12.2. The Morgan fingerprint density at radius 3 is 2.48 bits per heavy atom. The van der Waals surface area contributed by atoms with Crippen molar-refractivity contribution in [1.82, 2.24) is 0 Å². The fourth-order valence-electron chi connectivity index (χ4n) is 2.56. The molecule has 138 valence electrons. The number of rotatable bonds is 5. The first-order valence-electron chi connectivity index (χ1n) is 8.00. The highest BCUT2D eigenvalue weighted by atomic mass is 35.5. The molecule has 2 N–H and O–H groups in total. The van der Waals surface area contributed by atoms with Gasteiger partial charge in [-0.3, -0.25) is 4.79 Å². The highest BCUT2D eigenvalue weighted by Crippen LogP contribution is 2.28. The Labute approximate surface area is 160 Å². The molecule has 7 heteroatoms. The first-order valence-corrected chi connectivity index (χ1v) is 8.38. The summed E-state index contributed by atoms with van der Waals surface area (Å²) >= 11 is 5.91. The number of fused-ring (bicyclic) bond motifs is 1. The van der Waals surface area contributed by atoms with Gasteiger partial charge < -0.3 is 19.9 Å². The minimum Gasteiger partial charge on any atom is -0.507 e. The molecule has 0 aliphatic heterocycles. The second-order valence-electron chi connectivity index (χ2n) is 5.69. The number of phenolic OH excluding ortho intramolecular Hbond substituents is 1. The average Bonchev–Trinajstić information content (AvgIpc) is 2.65. The van der Waals surface area contributed by atoms with E-state index in [2.05, 4.69) is 5.32 Å². The van der Waals surface area contributed by atoms with Gasteiger partial charge in [0, 0.05) is 5.02 Å². The SMILES string of the molecule is COc1ccc(Cl)cc1NC(=O)COC(=O)c1cc2ccccc2cc1O. The van der Waals surface area contributed by atoms with Gasteiger partial charge in [0.05, 0.1) is 12.8 Å². The Morgan fingerprint density at radius 1 is 1.07 bits per heavy atom. The lowest BCUT2D eigenvalue weighted by Gasteiger charge is -2.11. The van der Waals surface area contributed by atoms with Crippen molar-refractivity contribution in [3.8, 4) is 11.5 Å². The van der Waals surface area contributed by atoms with E-state index in [1.165, 1.54) is 25.3 Å². The van der Waals surface area contributed by atoms with Crippen LogP contribution in [0.25, 0.3) is 10.8 Å². The van der Waals surface area contributed by atoms with Crippen LogP contribution < -0.4 is 10.1 Å². The van der Waals surface area contributed by atoms with Gasteiger partial charge in [-0.25, -0.2) is 4.79 Å². The van der Waals surface area contributed by atoms with Crippen LogP contribution in [0.3, 0.4) is 0 Å². The van der Waals surface area contributed by atoms with Crippen LogP contribution in [0.5, 0.6) is 11.5 Å². The number of carbonyl (C=O) groups excluding carboxylic acids is 2. The third kappa shape index (κ3) is 4.30. The van der Waals surface area contributed by atoms with Crippen molar-refractivity contribution in [2.75, 3.05) is 19.0 Å². The van der Waals surface area contributed by atoms with Crippen LogP contribution in [-0.4, -0.2) is 30.7 Å². The summed E-state index contributed by atoms with van der Waals surface area (Å²) in [5, 5.41) is 14.6. The smallest absolute Gasteiger partial charge is 0.342 e. The molecule has 27 heavy (non-hydrogen) atoms. The third-order valence-electron chi connectivity index (χ3n) is 3.85. The van der Waals surface area contributed by atoms with Gasteiger partial charge in [-0.15, -0.1) is 0 Å². The second kappa shape index (κ2) is 7.97. The third-order valence-corrected chi connectivity index (χ3v) is 4.09. The molecule has 0 heterocycles. The summed E-state index contributed by atoms with van der Waals surface area (Å²) < 4.78 is 10.1. The van der Waals surface area contributed by atoms with E-state index >= 15 is 0 Å². The van der Waals surface area contributed by atoms with Crippen molar-refractivity contribution >= 4 is 39.9 Å². The normalized spacial score (nSPS) is 10.4. The van der Waals surface area contributed by atoms with E-state index < -0.39 is 18.5 Å². The topological polar surface area (TPSA) is 84.9 Å². The predicted molar refractivity (Wildman–Crippen MR) is 103 cm³/mol. The van der Waals surface area contributed by atoms with Gasteiger partial charge >= 0.3 is 5.97 Å². The number of halogens is 1. The van der Waals surface area contributed by atoms with Crippen LogP contribution in [0.2, 0.25) is 5.02 Å². The molecule has 0 saturated heterocycles. The predicted octanol–water partition coefficient (Wildman–Crippen LogP) is 4.00. The number of esters is 1. The number of anilines is 1.